The molecule has 176 valence electrons. The molecule has 2 amide bonds. The van der Waals surface area contributed by atoms with E-state index in [0.717, 1.165) is 6.07 Å². The number of carbonyl (C=O) groups is 3. The molecule has 0 aromatic heterocycles. The molecule has 0 aliphatic carbocycles. The first-order chi connectivity index (χ1) is 16.0. The van der Waals surface area contributed by atoms with Crippen LogP contribution in [0.25, 0.3) is 10.8 Å². The predicted octanol–water partition coefficient (Wildman–Crippen LogP) is 3.93. The molecule has 13 heteroatoms. The van der Waals surface area contributed by atoms with Crippen LogP contribution >= 0.6 is 0 Å². The minimum atomic E-state index is -6.32. The number of hydrogen-bond acceptors (Lipinski definition) is 8. The summed E-state index contributed by atoms with van der Waals surface area (Å²) in [6, 6.07) is 14.9. The molecule has 0 unspecified atom stereocenters. The van der Waals surface area contributed by atoms with Crippen LogP contribution in [0.5, 0.6) is 5.75 Å². The summed E-state index contributed by atoms with van der Waals surface area (Å²) in [6.07, 6.45) is -1.14. The summed E-state index contributed by atoms with van der Waals surface area (Å²) in [5, 5.41) is -0.259. The Morgan fingerprint density at radius 3 is 2.26 bits per heavy atom. The van der Waals surface area contributed by atoms with Gasteiger partial charge in [0.2, 0.25) is 0 Å². The minimum Gasteiger partial charge on any atom is -0.429 e. The molecule has 0 spiro atoms. The van der Waals surface area contributed by atoms with Crippen molar-refractivity contribution in [2.75, 3.05) is 0 Å². The van der Waals surface area contributed by atoms with Gasteiger partial charge in [0.1, 0.15) is 12.4 Å². The van der Waals surface area contributed by atoms with Crippen LogP contribution in [0.15, 0.2) is 60.7 Å². The van der Waals surface area contributed by atoms with Gasteiger partial charge in [-0.15, -0.1) is 9.35 Å². The first kappa shape index (κ1) is 23.2. The van der Waals surface area contributed by atoms with Gasteiger partial charge in [0.05, 0.1) is 11.1 Å². The standard InChI is InChI=1S/C21H12F3NO8S/c22-21(23,24)34(29,30)33-25-18(26)15-8-4-7-13-9-14(10-16(17(13)15)19(25)27)32-20(28)31-11-12-5-2-1-3-6-12/h1-10H,11H2. The molecule has 9 nitrogen and oxygen atoms in total. The molecule has 0 saturated heterocycles. The number of alkyl halides is 3. The first-order valence-electron chi connectivity index (χ1n) is 9.33. The summed E-state index contributed by atoms with van der Waals surface area (Å²) < 4.78 is 74.8. The lowest BCUT2D eigenvalue weighted by Crippen LogP contribution is -2.44. The van der Waals surface area contributed by atoms with E-state index in [4.69, 9.17) is 9.47 Å². The number of halogens is 3. The number of hydrogen-bond donors (Lipinski definition) is 0. The molecule has 1 aliphatic rings. The van der Waals surface area contributed by atoms with E-state index in [1.165, 1.54) is 24.3 Å². The van der Waals surface area contributed by atoms with E-state index < -0.39 is 44.2 Å². The first-order valence-corrected chi connectivity index (χ1v) is 10.7. The normalized spacial score (nSPS) is 13.8. The fourth-order valence-corrected chi connectivity index (χ4v) is 3.58. The summed E-state index contributed by atoms with van der Waals surface area (Å²) in [5.74, 6) is -3.14. The van der Waals surface area contributed by atoms with E-state index in [2.05, 4.69) is 4.28 Å². The predicted molar refractivity (Wildman–Crippen MR) is 108 cm³/mol. The van der Waals surface area contributed by atoms with E-state index in [9.17, 15) is 36.0 Å². The largest absolute Gasteiger partial charge is 0.525 e. The molecule has 0 saturated carbocycles. The molecule has 1 heterocycles. The van der Waals surface area contributed by atoms with Crippen molar-refractivity contribution >= 4 is 38.9 Å². The topological polar surface area (TPSA) is 116 Å². The summed E-state index contributed by atoms with van der Waals surface area (Å²) in [6.45, 7) is -0.116. The highest BCUT2D eigenvalue weighted by molar-refractivity contribution is 7.87. The second-order valence-electron chi connectivity index (χ2n) is 6.88. The number of ether oxygens (including phenoxy) is 2. The molecular weight excluding hydrogens is 483 g/mol. The Kier molecular flexibility index (Phi) is 5.75. The quantitative estimate of drug-likeness (QED) is 0.226. The number of hydroxylamine groups is 2. The van der Waals surface area contributed by atoms with Crippen molar-refractivity contribution in [2.45, 2.75) is 12.1 Å². The highest BCUT2D eigenvalue weighted by atomic mass is 32.2. The third-order valence-electron chi connectivity index (χ3n) is 4.64. The maximum Gasteiger partial charge on any atom is 0.525 e. The van der Waals surface area contributed by atoms with Crippen molar-refractivity contribution in [3.63, 3.8) is 0 Å². The van der Waals surface area contributed by atoms with Gasteiger partial charge in [-0.3, -0.25) is 9.59 Å². The third-order valence-corrected chi connectivity index (χ3v) is 5.55. The Labute approximate surface area is 189 Å². The fourth-order valence-electron chi connectivity index (χ4n) is 3.17. The van der Waals surface area contributed by atoms with E-state index in [1.807, 2.05) is 0 Å². The lowest BCUT2D eigenvalue weighted by atomic mass is 9.95. The van der Waals surface area contributed by atoms with Crippen molar-refractivity contribution in [1.82, 2.24) is 5.06 Å². The van der Waals surface area contributed by atoms with Gasteiger partial charge < -0.3 is 9.47 Å². The van der Waals surface area contributed by atoms with Crippen LogP contribution in [0.3, 0.4) is 0 Å². The molecule has 0 radical (unpaired) electrons. The van der Waals surface area contributed by atoms with E-state index in [1.54, 1.807) is 30.3 Å². The third kappa shape index (κ3) is 4.30. The number of carbonyl (C=O) groups excluding carboxylic acids is 3. The number of nitrogens with zero attached hydrogens (tertiary/aromatic N) is 1. The number of imide groups is 1. The lowest BCUT2D eigenvalue weighted by Gasteiger charge is -2.25. The van der Waals surface area contributed by atoms with Crippen molar-refractivity contribution in [1.29, 1.82) is 0 Å². The zero-order valence-electron chi connectivity index (χ0n) is 16.7. The summed E-state index contributed by atoms with van der Waals surface area (Å²) in [4.78, 5) is 37.4. The summed E-state index contributed by atoms with van der Waals surface area (Å²) >= 11 is 0. The molecule has 0 atom stereocenters. The maximum atomic E-state index is 12.7. The summed E-state index contributed by atoms with van der Waals surface area (Å²) in [5.41, 5.74) is -5.92. The Morgan fingerprint density at radius 2 is 1.59 bits per heavy atom. The van der Waals surface area contributed by atoms with Crippen LogP contribution < -0.4 is 4.74 Å². The van der Waals surface area contributed by atoms with E-state index in [0.29, 0.717) is 5.56 Å². The molecule has 4 rings (SSSR count). The SMILES string of the molecule is O=C(OCc1ccccc1)Oc1cc2c3c(cccc3c1)C(=O)N(OS(=O)(=O)C(F)(F)F)C2=O. The number of benzene rings is 3. The van der Waals surface area contributed by atoms with Gasteiger partial charge >= 0.3 is 21.8 Å². The van der Waals surface area contributed by atoms with Crippen LogP contribution in [0, 0.1) is 0 Å². The molecule has 1 aliphatic heterocycles. The minimum absolute atomic E-state index is 0.0201. The van der Waals surface area contributed by atoms with Crippen LogP contribution in [0.2, 0.25) is 0 Å². The average molecular weight is 495 g/mol. The molecule has 3 aromatic carbocycles. The molecular formula is C21H12F3NO8S. The van der Waals surface area contributed by atoms with Crippen LogP contribution in [0.4, 0.5) is 18.0 Å². The molecule has 0 fully saturated rings. The zero-order chi connectivity index (χ0) is 24.7. The summed E-state index contributed by atoms with van der Waals surface area (Å²) in [7, 11) is -6.32. The molecule has 3 aromatic rings. The van der Waals surface area contributed by atoms with E-state index in [-0.39, 0.29) is 28.7 Å². The van der Waals surface area contributed by atoms with Crippen molar-refractivity contribution in [2.24, 2.45) is 0 Å². The second-order valence-corrected chi connectivity index (χ2v) is 8.40. The monoisotopic (exact) mass is 495 g/mol. The van der Waals surface area contributed by atoms with Gasteiger partial charge in [0, 0.05) is 5.39 Å². The Bertz CT molecular complexity index is 1420. The van der Waals surface area contributed by atoms with Crippen molar-refractivity contribution in [3.8, 4) is 5.75 Å². The highest BCUT2D eigenvalue weighted by Gasteiger charge is 2.51. The maximum absolute atomic E-state index is 12.7. The molecule has 0 N–H and O–H groups in total. The second kappa shape index (κ2) is 8.43. The zero-order valence-corrected chi connectivity index (χ0v) is 17.6. The fraction of sp³-hybridized carbons (Fsp3) is 0.0952. The Morgan fingerprint density at radius 1 is 0.912 bits per heavy atom. The van der Waals surface area contributed by atoms with Gasteiger partial charge in [0.15, 0.2) is 0 Å². The molecule has 0 bridgehead atoms. The highest BCUT2D eigenvalue weighted by Crippen LogP contribution is 2.35. The Balaban J connectivity index is 1.65. The number of rotatable bonds is 5. The van der Waals surface area contributed by atoms with Crippen LogP contribution in [-0.4, -0.2) is 37.0 Å². The van der Waals surface area contributed by atoms with E-state index >= 15 is 0 Å². The average Bonchev–Trinajstić information content (AvgIpc) is 2.78. The lowest BCUT2D eigenvalue weighted by molar-refractivity contribution is -0.0761. The van der Waals surface area contributed by atoms with Gasteiger partial charge in [-0.25, -0.2) is 4.79 Å². The van der Waals surface area contributed by atoms with Gasteiger partial charge in [0.25, 0.3) is 11.8 Å². The van der Waals surface area contributed by atoms with Crippen LogP contribution in [0.1, 0.15) is 26.3 Å². The number of amides is 2. The van der Waals surface area contributed by atoms with Gasteiger partial charge in [-0.1, -0.05) is 42.5 Å². The Hall–Kier alpha value is -3.97. The van der Waals surface area contributed by atoms with Crippen LogP contribution in [-0.2, 0) is 25.7 Å². The molecule has 34 heavy (non-hydrogen) atoms. The van der Waals surface area contributed by atoms with Crippen molar-refractivity contribution < 1.29 is 49.7 Å². The van der Waals surface area contributed by atoms with Gasteiger partial charge in [-0.2, -0.15) is 21.6 Å². The smallest absolute Gasteiger partial charge is 0.429 e. The van der Waals surface area contributed by atoms with Gasteiger partial charge in [-0.05, 0) is 29.1 Å². The van der Waals surface area contributed by atoms with Crippen molar-refractivity contribution in [3.05, 3.63) is 77.4 Å².